The van der Waals surface area contributed by atoms with Gasteiger partial charge in [0.15, 0.2) is 5.82 Å². The summed E-state index contributed by atoms with van der Waals surface area (Å²) in [4.78, 5) is 4.62. The van der Waals surface area contributed by atoms with Gasteiger partial charge in [0, 0.05) is 18.5 Å². The van der Waals surface area contributed by atoms with Gasteiger partial charge < -0.3 is 11.1 Å². The monoisotopic (exact) mass is 377 g/mol. The minimum absolute atomic E-state index is 0.268. The first-order valence-electron chi connectivity index (χ1n) is 9.07. The maximum absolute atomic E-state index is 13.4. The van der Waals surface area contributed by atoms with Crippen molar-refractivity contribution < 1.29 is 4.39 Å². The Kier molecular flexibility index (Phi) is 4.94. The van der Waals surface area contributed by atoms with Gasteiger partial charge >= 0.3 is 0 Å². The first-order chi connectivity index (χ1) is 13.7. The smallest absolute Gasteiger partial charge is 0.272 e. The summed E-state index contributed by atoms with van der Waals surface area (Å²) in [5.41, 5.74) is 9.24. The Morgan fingerprint density at radius 1 is 1.14 bits per heavy atom. The van der Waals surface area contributed by atoms with Crippen molar-refractivity contribution in [1.82, 2.24) is 25.0 Å². The van der Waals surface area contributed by atoms with Gasteiger partial charge in [0.05, 0.1) is 11.7 Å². The van der Waals surface area contributed by atoms with Gasteiger partial charge in [-0.15, -0.1) is 10.2 Å². The van der Waals surface area contributed by atoms with Crippen LogP contribution in [0.15, 0.2) is 48.7 Å². The molecule has 2 heterocycles. The second-order valence-electron chi connectivity index (χ2n) is 6.35. The number of halogens is 1. The Morgan fingerprint density at radius 2 is 2.00 bits per heavy atom. The second kappa shape index (κ2) is 7.69. The van der Waals surface area contributed by atoms with Crippen LogP contribution in [0.1, 0.15) is 23.7 Å². The van der Waals surface area contributed by atoms with E-state index in [0.717, 1.165) is 27.7 Å². The molecule has 2 aromatic heterocycles. The number of nitrogens with zero attached hydrogens (tertiary/aromatic N) is 5. The van der Waals surface area contributed by atoms with E-state index < -0.39 is 0 Å². The van der Waals surface area contributed by atoms with Crippen molar-refractivity contribution >= 4 is 16.7 Å². The van der Waals surface area contributed by atoms with Gasteiger partial charge in [-0.2, -0.15) is 14.8 Å². The summed E-state index contributed by atoms with van der Waals surface area (Å²) in [6.45, 7) is 2.84. The summed E-state index contributed by atoms with van der Waals surface area (Å²) >= 11 is 0. The number of benzene rings is 2. The Labute approximate surface area is 161 Å². The molecule has 0 unspecified atom stereocenters. The van der Waals surface area contributed by atoms with Crippen LogP contribution in [0.4, 0.5) is 10.2 Å². The zero-order valence-corrected chi connectivity index (χ0v) is 15.4. The predicted octanol–water partition coefficient (Wildman–Crippen LogP) is 2.98. The molecule has 4 rings (SSSR count). The van der Waals surface area contributed by atoms with Gasteiger partial charge in [-0.05, 0) is 35.7 Å². The topological polar surface area (TPSA) is 94.5 Å². The third-order valence-electron chi connectivity index (χ3n) is 4.54. The molecule has 28 heavy (non-hydrogen) atoms. The molecule has 4 aromatic rings. The number of nitrogens with two attached hydrogens (primary N) is 1. The van der Waals surface area contributed by atoms with Crippen LogP contribution in [0.5, 0.6) is 0 Å². The van der Waals surface area contributed by atoms with E-state index in [4.69, 9.17) is 5.73 Å². The van der Waals surface area contributed by atoms with Crippen molar-refractivity contribution in [2.75, 3.05) is 5.32 Å². The molecule has 2 aromatic carbocycles. The third kappa shape index (κ3) is 3.41. The van der Waals surface area contributed by atoms with E-state index in [1.807, 2.05) is 31.2 Å². The molecule has 0 radical (unpaired) electrons. The van der Waals surface area contributed by atoms with Crippen LogP contribution in [0, 0.1) is 5.82 Å². The van der Waals surface area contributed by atoms with Crippen LogP contribution in [0.25, 0.3) is 16.9 Å². The van der Waals surface area contributed by atoms with Crippen LogP contribution < -0.4 is 11.1 Å². The summed E-state index contributed by atoms with van der Waals surface area (Å²) in [7, 11) is 0. The highest BCUT2D eigenvalue weighted by molar-refractivity contribution is 5.83. The fourth-order valence-electron chi connectivity index (χ4n) is 3.09. The molecule has 0 aliphatic rings. The fourth-order valence-corrected chi connectivity index (χ4v) is 3.09. The average Bonchev–Trinajstić information content (AvgIpc) is 3.16. The number of aromatic nitrogens is 5. The molecule has 3 N–H and O–H groups in total. The number of anilines is 1. The summed E-state index contributed by atoms with van der Waals surface area (Å²) < 4.78 is 15.1. The summed E-state index contributed by atoms with van der Waals surface area (Å²) in [5.74, 6) is 0.703. The summed E-state index contributed by atoms with van der Waals surface area (Å²) in [6.07, 6.45) is 2.43. The van der Waals surface area contributed by atoms with Crippen LogP contribution in [-0.4, -0.2) is 25.0 Å². The maximum atomic E-state index is 13.4. The van der Waals surface area contributed by atoms with Gasteiger partial charge in [0.1, 0.15) is 11.5 Å². The molecular formula is C20H20FN7. The molecule has 0 atom stereocenters. The summed E-state index contributed by atoms with van der Waals surface area (Å²) in [6, 6.07) is 12.3. The largest absolute Gasteiger partial charge is 0.364 e. The standard InChI is InChI=1S/C20H20FN7/c1-2-17-19(23-11-13-5-3-7-15(21)9-13)25-20(27-26-17)28-18-8-4-6-14(10-22)16(18)12-24-28/h3-9,12H,2,10-11,22H2,1H3,(H,23,25,27). The highest BCUT2D eigenvalue weighted by atomic mass is 19.1. The molecule has 8 heteroatoms. The van der Waals surface area contributed by atoms with Gasteiger partial charge in [0.25, 0.3) is 5.95 Å². The molecular weight excluding hydrogens is 357 g/mol. The fraction of sp³-hybridized carbons (Fsp3) is 0.200. The number of hydrogen-bond acceptors (Lipinski definition) is 6. The van der Waals surface area contributed by atoms with Crippen molar-refractivity contribution in [2.24, 2.45) is 5.73 Å². The molecule has 0 bridgehead atoms. The van der Waals surface area contributed by atoms with Crippen LogP contribution in [0.2, 0.25) is 0 Å². The van der Waals surface area contributed by atoms with Gasteiger partial charge in [-0.3, -0.25) is 0 Å². The van der Waals surface area contributed by atoms with Crippen LogP contribution in [0.3, 0.4) is 0 Å². The lowest BCUT2D eigenvalue weighted by atomic mass is 10.1. The molecule has 0 amide bonds. The number of hydrogen-bond donors (Lipinski definition) is 2. The highest BCUT2D eigenvalue weighted by Gasteiger charge is 2.13. The lowest BCUT2D eigenvalue weighted by molar-refractivity contribution is 0.626. The molecule has 0 saturated carbocycles. The van der Waals surface area contributed by atoms with Crippen molar-refractivity contribution in [3.8, 4) is 5.95 Å². The van der Waals surface area contributed by atoms with E-state index in [0.29, 0.717) is 31.3 Å². The minimum atomic E-state index is -0.268. The van der Waals surface area contributed by atoms with Crippen molar-refractivity contribution in [3.63, 3.8) is 0 Å². The van der Waals surface area contributed by atoms with Crippen molar-refractivity contribution in [2.45, 2.75) is 26.4 Å². The van der Waals surface area contributed by atoms with E-state index in [2.05, 4.69) is 25.6 Å². The lowest BCUT2D eigenvalue weighted by Crippen LogP contribution is -2.12. The Bertz CT molecular complexity index is 1120. The lowest BCUT2D eigenvalue weighted by Gasteiger charge is -2.11. The van der Waals surface area contributed by atoms with E-state index in [1.54, 1.807) is 16.9 Å². The zero-order chi connectivity index (χ0) is 19.5. The minimum Gasteiger partial charge on any atom is -0.364 e. The van der Waals surface area contributed by atoms with Gasteiger partial charge in [0.2, 0.25) is 0 Å². The van der Waals surface area contributed by atoms with E-state index in [9.17, 15) is 4.39 Å². The first-order valence-corrected chi connectivity index (χ1v) is 9.07. The Hall–Kier alpha value is -3.39. The molecule has 142 valence electrons. The number of aryl methyl sites for hydroxylation is 1. The molecule has 0 spiro atoms. The van der Waals surface area contributed by atoms with Crippen molar-refractivity contribution in [1.29, 1.82) is 0 Å². The van der Waals surface area contributed by atoms with Gasteiger partial charge in [-0.25, -0.2) is 4.39 Å². The Morgan fingerprint density at radius 3 is 2.79 bits per heavy atom. The third-order valence-corrected chi connectivity index (χ3v) is 4.54. The van der Waals surface area contributed by atoms with E-state index in [-0.39, 0.29) is 5.82 Å². The molecule has 7 nitrogen and oxygen atoms in total. The predicted molar refractivity (Wildman–Crippen MR) is 105 cm³/mol. The number of rotatable bonds is 6. The normalized spacial score (nSPS) is 11.1. The van der Waals surface area contributed by atoms with Crippen LogP contribution in [-0.2, 0) is 19.5 Å². The number of fused-ring (bicyclic) bond motifs is 1. The molecule has 0 saturated heterocycles. The maximum Gasteiger partial charge on any atom is 0.272 e. The van der Waals surface area contributed by atoms with E-state index >= 15 is 0 Å². The highest BCUT2D eigenvalue weighted by Crippen LogP contribution is 2.21. The van der Waals surface area contributed by atoms with Gasteiger partial charge in [-0.1, -0.05) is 31.2 Å². The molecule has 0 fully saturated rings. The molecule has 0 aliphatic carbocycles. The first kappa shape index (κ1) is 18.0. The number of nitrogens with one attached hydrogen (secondary N) is 1. The zero-order valence-electron chi connectivity index (χ0n) is 15.4. The summed E-state index contributed by atoms with van der Waals surface area (Å²) in [5, 5.41) is 17.2. The van der Waals surface area contributed by atoms with E-state index in [1.165, 1.54) is 12.1 Å². The van der Waals surface area contributed by atoms with Crippen LogP contribution >= 0.6 is 0 Å². The average molecular weight is 377 g/mol. The SMILES string of the molecule is CCc1nnc(-n2ncc3c(CN)cccc32)nc1NCc1cccc(F)c1. The quantitative estimate of drug-likeness (QED) is 0.536. The second-order valence-corrected chi connectivity index (χ2v) is 6.35. The van der Waals surface area contributed by atoms with Crippen molar-refractivity contribution in [3.05, 3.63) is 71.3 Å². The molecule has 0 aliphatic heterocycles. The Balaban J connectivity index is 1.69.